The van der Waals surface area contributed by atoms with Gasteiger partial charge in [-0.1, -0.05) is 30.3 Å². The van der Waals surface area contributed by atoms with Crippen LogP contribution in [0.5, 0.6) is 0 Å². The number of aromatic nitrogens is 2. The summed E-state index contributed by atoms with van der Waals surface area (Å²) in [5.41, 5.74) is 9.00. The first kappa shape index (κ1) is 12.9. The van der Waals surface area contributed by atoms with Gasteiger partial charge in [-0.3, -0.25) is 5.10 Å². The van der Waals surface area contributed by atoms with Crippen LogP contribution in [0.2, 0.25) is 0 Å². The number of fused-ring (bicyclic) bond motifs is 1. The van der Waals surface area contributed by atoms with Crippen molar-refractivity contribution in [3.05, 3.63) is 59.3 Å². The zero-order chi connectivity index (χ0) is 14.8. The molecule has 0 unspecified atom stereocenters. The fourth-order valence-corrected chi connectivity index (χ4v) is 2.14. The van der Waals surface area contributed by atoms with Gasteiger partial charge in [-0.05, 0) is 29.8 Å². The number of hydrogen-bond acceptors (Lipinski definition) is 3. The van der Waals surface area contributed by atoms with Crippen molar-refractivity contribution in [3.63, 3.8) is 0 Å². The summed E-state index contributed by atoms with van der Waals surface area (Å²) in [5.74, 6) is -0.990. The van der Waals surface area contributed by atoms with Crippen molar-refractivity contribution >= 4 is 34.7 Å². The predicted molar refractivity (Wildman–Crippen MR) is 82.8 cm³/mol. The van der Waals surface area contributed by atoms with E-state index >= 15 is 0 Å². The van der Waals surface area contributed by atoms with Gasteiger partial charge < -0.3 is 10.8 Å². The molecule has 0 aliphatic heterocycles. The Labute approximate surface area is 120 Å². The summed E-state index contributed by atoms with van der Waals surface area (Å²) in [6.45, 7) is 0. The number of aromatic amines is 1. The number of H-pyrrole nitrogens is 1. The van der Waals surface area contributed by atoms with Crippen LogP contribution in [0.3, 0.4) is 0 Å². The molecule has 3 aromatic rings. The molecule has 0 radical (unpaired) electrons. The quantitative estimate of drug-likeness (QED) is 0.642. The summed E-state index contributed by atoms with van der Waals surface area (Å²) in [4.78, 5) is 10.9. The highest BCUT2D eigenvalue weighted by atomic mass is 16.4. The fraction of sp³-hybridized carbons (Fsp3) is 0. The molecule has 1 aromatic heterocycles. The lowest BCUT2D eigenvalue weighted by Gasteiger charge is -2.01. The lowest BCUT2D eigenvalue weighted by Crippen LogP contribution is -1.98. The Bertz CT molecular complexity index is 850. The topological polar surface area (TPSA) is 92.0 Å². The molecule has 0 saturated carbocycles. The normalized spacial score (nSPS) is 11.2. The van der Waals surface area contributed by atoms with E-state index < -0.39 is 5.97 Å². The molecule has 1 heterocycles. The number of carboxylic acids is 1. The Balaban J connectivity index is 1.94. The van der Waals surface area contributed by atoms with E-state index in [9.17, 15) is 4.79 Å². The van der Waals surface area contributed by atoms with Gasteiger partial charge in [0.2, 0.25) is 0 Å². The van der Waals surface area contributed by atoms with Gasteiger partial charge in [-0.15, -0.1) is 0 Å². The SMILES string of the molecule is Nc1cc(C(=O)O)ccc1C=Cc1n[nH]c2ccccc12. The van der Waals surface area contributed by atoms with E-state index in [1.807, 2.05) is 36.4 Å². The molecular weight excluding hydrogens is 266 g/mol. The van der Waals surface area contributed by atoms with Crippen LogP contribution in [-0.4, -0.2) is 21.3 Å². The van der Waals surface area contributed by atoms with Crippen LogP contribution in [-0.2, 0) is 0 Å². The van der Waals surface area contributed by atoms with Crippen LogP contribution in [0.25, 0.3) is 23.1 Å². The summed E-state index contributed by atoms with van der Waals surface area (Å²) in [5, 5.41) is 17.1. The Morgan fingerprint density at radius 3 is 2.76 bits per heavy atom. The number of aromatic carboxylic acids is 1. The lowest BCUT2D eigenvalue weighted by molar-refractivity contribution is 0.0697. The molecule has 3 rings (SSSR count). The number of nitrogen functional groups attached to an aromatic ring is 1. The van der Waals surface area contributed by atoms with Gasteiger partial charge in [0, 0.05) is 11.1 Å². The van der Waals surface area contributed by atoms with Crippen molar-refractivity contribution in [2.75, 3.05) is 5.73 Å². The maximum Gasteiger partial charge on any atom is 0.335 e. The Hall–Kier alpha value is -3.08. The third kappa shape index (κ3) is 2.49. The number of carboxylic acid groups (broad SMARTS) is 1. The predicted octanol–water partition coefficient (Wildman–Crippen LogP) is 3.01. The van der Waals surface area contributed by atoms with Gasteiger partial charge in [-0.25, -0.2) is 4.79 Å². The molecule has 21 heavy (non-hydrogen) atoms. The lowest BCUT2D eigenvalue weighted by atomic mass is 10.1. The molecule has 0 aliphatic rings. The van der Waals surface area contributed by atoms with Crippen LogP contribution >= 0.6 is 0 Å². The molecule has 0 atom stereocenters. The number of rotatable bonds is 3. The summed E-state index contributed by atoms with van der Waals surface area (Å²) in [6, 6.07) is 12.5. The third-order valence-corrected chi connectivity index (χ3v) is 3.25. The van der Waals surface area contributed by atoms with Crippen molar-refractivity contribution in [1.82, 2.24) is 10.2 Å². The van der Waals surface area contributed by atoms with Crippen LogP contribution in [0, 0.1) is 0 Å². The maximum atomic E-state index is 10.9. The Kier molecular flexibility index (Phi) is 3.16. The molecule has 5 nitrogen and oxygen atoms in total. The Morgan fingerprint density at radius 2 is 2.00 bits per heavy atom. The average molecular weight is 279 g/mol. The zero-order valence-corrected chi connectivity index (χ0v) is 11.1. The first-order chi connectivity index (χ1) is 10.1. The van der Waals surface area contributed by atoms with Crippen LogP contribution < -0.4 is 5.73 Å². The van der Waals surface area contributed by atoms with Crippen molar-refractivity contribution in [1.29, 1.82) is 0 Å². The maximum absolute atomic E-state index is 10.9. The highest BCUT2D eigenvalue weighted by Gasteiger charge is 2.05. The fourth-order valence-electron chi connectivity index (χ4n) is 2.14. The number of hydrogen-bond donors (Lipinski definition) is 3. The van der Waals surface area contributed by atoms with E-state index in [4.69, 9.17) is 10.8 Å². The van der Waals surface area contributed by atoms with E-state index in [0.29, 0.717) is 5.69 Å². The second-order valence-electron chi connectivity index (χ2n) is 4.64. The average Bonchev–Trinajstić information content (AvgIpc) is 2.89. The van der Waals surface area contributed by atoms with Crippen molar-refractivity contribution in [2.24, 2.45) is 0 Å². The van der Waals surface area contributed by atoms with Crippen LogP contribution in [0.15, 0.2) is 42.5 Å². The largest absolute Gasteiger partial charge is 0.478 e. The molecule has 0 saturated heterocycles. The minimum atomic E-state index is -0.990. The highest BCUT2D eigenvalue weighted by Crippen LogP contribution is 2.20. The third-order valence-electron chi connectivity index (χ3n) is 3.25. The molecule has 0 bridgehead atoms. The summed E-state index contributed by atoms with van der Waals surface area (Å²) < 4.78 is 0. The molecule has 2 aromatic carbocycles. The molecule has 0 amide bonds. The minimum absolute atomic E-state index is 0.176. The van der Waals surface area contributed by atoms with Crippen molar-refractivity contribution in [2.45, 2.75) is 0 Å². The molecule has 0 aliphatic carbocycles. The van der Waals surface area contributed by atoms with Gasteiger partial charge >= 0.3 is 5.97 Å². The first-order valence-corrected chi connectivity index (χ1v) is 6.39. The second kappa shape index (κ2) is 5.13. The molecule has 5 heteroatoms. The number of anilines is 1. The van der Waals surface area contributed by atoms with E-state index in [1.165, 1.54) is 12.1 Å². The number of nitrogens with zero attached hydrogens (tertiary/aromatic N) is 1. The van der Waals surface area contributed by atoms with E-state index in [-0.39, 0.29) is 5.56 Å². The van der Waals surface area contributed by atoms with Gasteiger partial charge in [0.15, 0.2) is 0 Å². The number of nitrogens with two attached hydrogens (primary N) is 1. The van der Waals surface area contributed by atoms with Gasteiger partial charge in [0.1, 0.15) is 0 Å². The molecule has 0 spiro atoms. The second-order valence-corrected chi connectivity index (χ2v) is 4.64. The molecule has 4 N–H and O–H groups in total. The summed E-state index contributed by atoms with van der Waals surface area (Å²) >= 11 is 0. The number of para-hydroxylation sites is 1. The van der Waals surface area contributed by atoms with Gasteiger partial charge in [0.05, 0.1) is 16.8 Å². The summed E-state index contributed by atoms with van der Waals surface area (Å²) in [6.07, 6.45) is 3.68. The molecule has 0 fully saturated rings. The standard InChI is InChI=1S/C16H13N3O2/c17-13-9-11(16(20)21)6-5-10(13)7-8-15-12-3-1-2-4-14(12)18-19-15/h1-9H,17H2,(H,18,19)(H,20,21). The number of carbonyl (C=O) groups is 1. The van der Waals surface area contributed by atoms with Crippen molar-refractivity contribution < 1.29 is 9.90 Å². The van der Waals surface area contributed by atoms with Crippen LogP contribution in [0.4, 0.5) is 5.69 Å². The summed E-state index contributed by atoms with van der Waals surface area (Å²) in [7, 11) is 0. The first-order valence-electron chi connectivity index (χ1n) is 6.39. The highest BCUT2D eigenvalue weighted by molar-refractivity contribution is 5.92. The van der Waals surface area contributed by atoms with Crippen LogP contribution in [0.1, 0.15) is 21.6 Å². The minimum Gasteiger partial charge on any atom is -0.478 e. The van der Waals surface area contributed by atoms with E-state index in [1.54, 1.807) is 6.07 Å². The van der Waals surface area contributed by atoms with Gasteiger partial charge in [-0.2, -0.15) is 5.10 Å². The van der Waals surface area contributed by atoms with E-state index in [2.05, 4.69) is 10.2 Å². The number of nitrogens with one attached hydrogen (secondary N) is 1. The molecular formula is C16H13N3O2. The zero-order valence-electron chi connectivity index (χ0n) is 11.1. The number of benzene rings is 2. The van der Waals surface area contributed by atoms with Crippen molar-refractivity contribution in [3.8, 4) is 0 Å². The molecule has 104 valence electrons. The monoisotopic (exact) mass is 279 g/mol. The Morgan fingerprint density at radius 1 is 1.19 bits per heavy atom. The smallest absolute Gasteiger partial charge is 0.335 e. The van der Waals surface area contributed by atoms with Gasteiger partial charge in [0.25, 0.3) is 0 Å². The van der Waals surface area contributed by atoms with E-state index in [0.717, 1.165) is 22.2 Å².